The highest BCUT2D eigenvalue weighted by Crippen LogP contribution is 2.28. The molecule has 0 unspecified atom stereocenters. The van der Waals surface area contributed by atoms with Crippen molar-refractivity contribution < 1.29 is 55.1 Å². The fourth-order valence-corrected chi connectivity index (χ4v) is 3.84. The predicted octanol–water partition coefficient (Wildman–Crippen LogP) is -6.44. The number of rotatable bonds is 4. The third-order valence-corrected chi connectivity index (χ3v) is 6.01. The van der Waals surface area contributed by atoms with Gasteiger partial charge in [0.2, 0.25) is 0 Å². The quantitative estimate of drug-likeness (QED) is 0.181. The third-order valence-electron chi connectivity index (χ3n) is 6.01. The lowest BCUT2D eigenvalue weighted by molar-refractivity contribution is -0.355. The average Bonchev–Trinajstić information content (AvgIpc) is 3.37. The largest absolute Gasteiger partial charge is 0.394 e. The molecule has 0 amide bonds. The minimum absolute atomic E-state index is 0.351. The van der Waals surface area contributed by atoms with Crippen LogP contribution in [0.2, 0.25) is 0 Å². The van der Waals surface area contributed by atoms with Crippen LogP contribution >= 0.6 is 0 Å². The van der Waals surface area contributed by atoms with E-state index in [1.807, 2.05) is 0 Å². The minimum atomic E-state index is -1.74. The molecule has 2 aliphatic rings. The van der Waals surface area contributed by atoms with Gasteiger partial charge in [0.1, 0.15) is 54.3 Å². The van der Waals surface area contributed by atoms with Gasteiger partial charge in [-0.05, 0) is 0 Å². The Morgan fingerprint density at radius 3 is 2.14 bits per heavy atom. The van der Waals surface area contributed by atoms with Crippen molar-refractivity contribution in [2.45, 2.75) is 61.4 Å². The van der Waals surface area contributed by atoms with Gasteiger partial charge in [0.15, 0.2) is 18.2 Å². The first-order valence-corrected chi connectivity index (χ1v) is 10.8. The van der Waals surface area contributed by atoms with E-state index in [1.54, 1.807) is 7.05 Å². The maximum absolute atomic E-state index is 11.4. The number of ether oxygens (including phenoxy) is 3. The molecule has 2 saturated heterocycles. The third kappa shape index (κ3) is 5.22. The highest BCUT2D eigenvalue weighted by Gasteiger charge is 2.50. The number of aromatic nitrogens is 4. The molecule has 204 valence electrons. The predicted molar refractivity (Wildman–Crippen MR) is 115 cm³/mol. The van der Waals surface area contributed by atoms with Gasteiger partial charge in [-0.2, -0.15) is 0 Å². The van der Waals surface area contributed by atoms with E-state index in [-0.39, 0.29) is 11.2 Å². The molecule has 2 aromatic rings. The van der Waals surface area contributed by atoms with E-state index < -0.39 is 74.6 Å². The summed E-state index contributed by atoms with van der Waals surface area (Å²) in [7, 11) is 3.01. The number of nitrogens with one attached hydrogen (secondary N) is 1. The average molecular weight is 522 g/mol. The fourth-order valence-electron chi connectivity index (χ4n) is 3.84. The second kappa shape index (κ2) is 11.4. The number of aliphatic hydroxyl groups is 8. The van der Waals surface area contributed by atoms with Crippen LogP contribution in [0.5, 0.6) is 0 Å². The van der Waals surface area contributed by atoms with Crippen molar-refractivity contribution in [3.63, 3.8) is 0 Å². The van der Waals surface area contributed by atoms with Crippen LogP contribution in [0.4, 0.5) is 0 Å². The molecule has 17 nitrogen and oxygen atoms in total. The summed E-state index contributed by atoms with van der Waals surface area (Å²) in [6, 6.07) is 0. The van der Waals surface area contributed by atoms with Crippen LogP contribution in [0.15, 0.2) is 15.9 Å². The van der Waals surface area contributed by atoms with E-state index in [4.69, 9.17) is 19.3 Å². The molecule has 0 bridgehead atoms. The molecule has 17 heteroatoms. The van der Waals surface area contributed by atoms with E-state index in [1.165, 1.54) is 17.9 Å². The standard InChI is InChI=1S/C12H22O11.C7H8N4O2/c13-1-3-5(15)6(16)9(19)12(22-3)23-10-4(2-14)21-11(20)8(18)7(10)17;1-10-5-4(8-3-9-5)6(12)11(2)7(10)13/h3-20H,1-2H2;3H,1-2H3,(H,8,9)/t3-,4-,5+,6+,7-,8-,9-,10-,11-,12+;/m1./s1. The van der Waals surface area contributed by atoms with Crippen molar-refractivity contribution in [3.8, 4) is 0 Å². The second-order valence-electron chi connectivity index (χ2n) is 8.33. The molecule has 10 atom stereocenters. The van der Waals surface area contributed by atoms with Gasteiger partial charge < -0.3 is 60.0 Å². The van der Waals surface area contributed by atoms with E-state index in [0.29, 0.717) is 11.2 Å². The van der Waals surface area contributed by atoms with E-state index in [9.17, 15) is 45.3 Å². The highest BCUT2D eigenvalue weighted by atomic mass is 16.7. The normalized spacial score (nSPS) is 36.9. The Kier molecular flexibility index (Phi) is 8.96. The molecule has 9 N–H and O–H groups in total. The number of aryl methyl sites for hydroxylation is 1. The number of imidazole rings is 1. The molecule has 2 fully saturated rings. The van der Waals surface area contributed by atoms with Gasteiger partial charge in [-0.3, -0.25) is 13.9 Å². The zero-order chi connectivity index (χ0) is 26.9. The van der Waals surface area contributed by atoms with Gasteiger partial charge in [0.25, 0.3) is 5.56 Å². The lowest BCUT2D eigenvalue weighted by atomic mass is 9.97. The van der Waals surface area contributed by atoms with Crippen LogP contribution < -0.4 is 11.2 Å². The van der Waals surface area contributed by atoms with Crippen LogP contribution in [0.1, 0.15) is 0 Å². The van der Waals surface area contributed by atoms with Gasteiger partial charge in [-0.15, -0.1) is 0 Å². The number of hydrogen-bond donors (Lipinski definition) is 9. The van der Waals surface area contributed by atoms with Crippen molar-refractivity contribution in [2.24, 2.45) is 14.1 Å². The van der Waals surface area contributed by atoms with Crippen molar-refractivity contribution in [2.75, 3.05) is 13.2 Å². The van der Waals surface area contributed by atoms with Gasteiger partial charge in [-0.25, -0.2) is 9.78 Å². The zero-order valence-electron chi connectivity index (χ0n) is 19.2. The SMILES string of the molecule is Cn1c(=O)c2[nH]cnc2n(C)c1=O.OC[C@H]1O[C@@H](O[C@H]2[C@H](O)[C@@H](O)[C@H](O)O[C@@H]2CO)[C@H](O)[C@@H](O)[C@H]1O. The summed E-state index contributed by atoms with van der Waals surface area (Å²) >= 11 is 0. The first-order valence-electron chi connectivity index (χ1n) is 10.8. The van der Waals surface area contributed by atoms with Crippen LogP contribution in [0.25, 0.3) is 11.2 Å². The molecular formula is C19H30N4O13. The molecule has 2 aliphatic heterocycles. The van der Waals surface area contributed by atoms with Crippen LogP contribution in [0.3, 0.4) is 0 Å². The molecule has 0 aromatic carbocycles. The summed E-state index contributed by atoms with van der Waals surface area (Å²) < 4.78 is 17.6. The molecule has 2 aromatic heterocycles. The summed E-state index contributed by atoms with van der Waals surface area (Å²) in [5, 5.41) is 76.5. The molecule has 0 saturated carbocycles. The van der Waals surface area contributed by atoms with Gasteiger partial charge >= 0.3 is 5.69 Å². The van der Waals surface area contributed by atoms with Gasteiger partial charge in [0, 0.05) is 14.1 Å². The maximum atomic E-state index is 11.4. The number of nitrogens with zero attached hydrogens (tertiary/aromatic N) is 3. The Bertz CT molecular complexity index is 1130. The first kappa shape index (κ1) is 28.3. The summed E-state index contributed by atoms with van der Waals surface area (Å²) in [4.78, 5) is 29.4. The number of aromatic amines is 1. The lowest BCUT2D eigenvalue weighted by Gasteiger charge is -2.45. The number of H-pyrrole nitrogens is 1. The summed E-state index contributed by atoms with van der Waals surface area (Å²) in [6.45, 7) is -1.35. The molecular weight excluding hydrogens is 492 g/mol. The Morgan fingerprint density at radius 2 is 1.53 bits per heavy atom. The number of aliphatic hydroxyl groups excluding tert-OH is 8. The van der Waals surface area contributed by atoms with Crippen molar-refractivity contribution >= 4 is 11.2 Å². The fraction of sp³-hybridized carbons (Fsp3) is 0.737. The van der Waals surface area contributed by atoms with Gasteiger partial charge in [0.05, 0.1) is 19.5 Å². The van der Waals surface area contributed by atoms with Crippen LogP contribution in [0, 0.1) is 0 Å². The summed E-state index contributed by atoms with van der Waals surface area (Å²) in [5.74, 6) is 0. The molecule has 0 radical (unpaired) electrons. The smallest absolute Gasteiger partial charge is 0.332 e. The van der Waals surface area contributed by atoms with E-state index >= 15 is 0 Å². The minimum Gasteiger partial charge on any atom is -0.394 e. The zero-order valence-corrected chi connectivity index (χ0v) is 19.2. The highest BCUT2D eigenvalue weighted by molar-refractivity contribution is 5.68. The van der Waals surface area contributed by atoms with Crippen LogP contribution in [-0.4, -0.2) is 135 Å². The van der Waals surface area contributed by atoms with Crippen molar-refractivity contribution in [1.29, 1.82) is 0 Å². The Hall–Kier alpha value is -2.29. The summed E-state index contributed by atoms with van der Waals surface area (Å²) in [5.41, 5.74) is 0.0119. The van der Waals surface area contributed by atoms with E-state index in [2.05, 4.69) is 9.97 Å². The molecule has 4 heterocycles. The molecule has 4 rings (SSSR count). The van der Waals surface area contributed by atoms with Crippen LogP contribution in [-0.2, 0) is 28.3 Å². The Morgan fingerprint density at radius 1 is 0.889 bits per heavy atom. The number of hydrogen-bond acceptors (Lipinski definition) is 14. The first-order chi connectivity index (χ1) is 16.9. The lowest BCUT2D eigenvalue weighted by Crippen LogP contribution is -2.64. The molecule has 36 heavy (non-hydrogen) atoms. The summed E-state index contributed by atoms with van der Waals surface area (Å²) in [6.07, 6.45) is -14.2. The molecule has 0 spiro atoms. The monoisotopic (exact) mass is 522 g/mol. The van der Waals surface area contributed by atoms with Crippen molar-refractivity contribution in [1.82, 2.24) is 19.1 Å². The Balaban J connectivity index is 0.000000233. The number of fused-ring (bicyclic) bond motifs is 1. The topological polar surface area (TPSA) is 262 Å². The van der Waals surface area contributed by atoms with E-state index in [0.717, 1.165) is 4.57 Å². The Labute approximate surface area is 202 Å². The second-order valence-corrected chi connectivity index (χ2v) is 8.33. The molecule has 0 aliphatic carbocycles. The van der Waals surface area contributed by atoms with Crippen molar-refractivity contribution in [3.05, 3.63) is 27.2 Å². The van der Waals surface area contributed by atoms with Gasteiger partial charge in [-0.1, -0.05) is 0 Å². The maximum Gasteiger partial charge on any atom is 0.332 e.